The molecule has 2 atom stereocenters. The minimum Gasteiger partial charge on any atom is -0.317 e. The van der Waals surface area contributed by atoms with Gasteiger partial charge in [-0.15, -0.1) is 0 Å². The first-order chi connectivity index (χ1) is 6.90. The Morgan fingerprint density at radius 3 is 2.64 bits per heavy atom. The van der Waals surface area contributed by atoms with Crippen LogP contribution in [0.3, 0.4) is 0 Å². The molecule has 2 fully saturated rings. The van der Waals surface area contributed by atoms with Crippen molar-refractivity contribution in [3.05, 3.63) is 0 Å². The number of rotatable bonds is 2. The van der Waals surface area contributed by atoms with Crippen LogP contribution in [0.1, 0.15) is 32.1 Å². The van der Waals surface area contributed by atoms with Crippen molar-refractivity contribution in [1.29, 1.82) is 5.26 Å². The molecule has 0 amide bonds. The zero-order valence-corrected chi connectivity index (χ0v) is 8.63. The van der Waals surface area contributed by atoms with E-state index in [1.54, 1.807) is 0 Å². The molecule has 14 heavy (non-hydrogen) atoms. The van der Waals surface area contributed by atoms with Gasteiger partial charge < -0.3 is 10.6 Å². The molecule has 0 spiro atoms. The van der Waals surface area contributed by atoms with Gasteiger partial charge in [0.15, 0.2) is 0 Å². The number of nitriles is 1. The summed E-state index contributed by atoms with van der Waals surface area (Å²) in [6, 6.07) is 3.55. The highest BCUT2D eigenvalue weighted by Crippen LogP contribution is 2.25. The van der Waals surface area contributed by atoms with E-state index < -0.39 is 0 Å². The molecule has 0 radical (unpaired) electrons. The van der Waals surface area contributed by atoms with Crippen LogP contribution < -0.4 is 10.6 Å². The molecule has 2 aliphatic rings. The Hall–Kier alpha value is -0.590. The number of nitrogens with zero attached hydrogens (tertiary/aromatic N) is 1. The van der Waals surface area contributed by atoms with E-state index in [-0.39, 0.29) is 5.92 Å². The molecule has 78 valence electrons. The van der Waals surface area contributed by atoms with Gasteiger partial charge in [-0.2, -0.15) is 5.26 Å². The summed E-state index contributed by atoms with van der Waals surface area (Å²) in [5.41, 5.74) is 0. The van der Waals surface area contributed by atoms with Crippen molar-refractivity contribution in [2.75, 3.05) is 13.1 Å². The Morgan fingerprint density at radius 2 is 1.93 bits per heavy atom. The lowest BCUT2D eigenvalue weighted by Crippen LogP contribution is -2.45. The molecule has 1 heterocycles. The maximum Gasteiger partial charge on any atom is 0.0672 e. The summed E-state index contributed by atoms with van der Waals surface area (Å²) in [5, 5.41) is 16.0. The van der Waals surface area contributed by atoms with Crippen LogP contribution in [0, 0.1) is 17.2 Å². The van der Waals surface area contributed by atoms with E-state index in [0.29, 0.717) is 12.1 Å². The lowest BCUT2D eigenvalue weighted by molar-refractivity contribution is 0.330. The molecule has 0 aromatic heterocycles. The van der Waals surface area contributed by atoms with Gasteiger partial charge in [0, 0.05) is 12.1 Å². The van der Waals surface area contributed by atoms with Crippen molar-refractivity contribution in [2.45, 2.75) is 44.2 Å². The Balaban J connectivity index is 1.81. The van der Waals surface area contributed by atoms with Crippen LogP contribution in [0.5, 0.6) is 0 Å². The summed E-state index contributed by atoms with van der Waals surface area (Å²) in [6.45, 7) is 2.25. The lowest BCUT2D eigenvalue weighted by Gasteiger charge is -2.28. The largest absolute Gasteiger partial charge is 0.317 e. The molecule has 1 aliphatic carbocycles. The highest BCUT2D eigenvalue weighted by molar-refractivity contribution is 4.97. The SMILES string of the molecule is N#CC1CCCC1NC1CCNCC1. The quantitative estimate of drug-likeness (QED) is 0.688. The van der Waals surface area contributed by atoms with E-state index in [1.165, 1.54) is 25.7 Å². The molecule has 3 heteroatoms. The zero-order chi connectivity index (χ0) is 9.80. The van der Waals surface area contributed by atoms with Crippen LogP contribution in [0.4, 0.5) is 0 Å². The first kappa shape index (κ1) is 9.95. The predicted octanol–water partition coefficient (Wildman–Crippen LogP) is 1.02. The average Bonchev–Trinajstić information content (AvgIpc) is 2.67. The lowest BCUT2D eigenvalue weighted by atomic mass is 10.0. The molecule has 1 aliphatic heterocycles. The zero-order valence-electron chi connectivity index (χ0n) is 8.63. The van der Waals surface area contributed by atoms with Crippen LogP contribution in [-0.4, -0.2) is 25.2 Å². The minimum atomic E-state index is 0.268. The van der Waals surface area contributed by atoms with Gasteiger partial charge in [0.05, 0.1) is 12.0 Å². The predicted molar refractivity (Wildman–Crippen MR) is 55.8 cm³/mol. The maximum atomic E-state index is 8.96. The molecule has 0 aromatic rings. The van der Waals surface area contributed by atoms with Gasteiger partial charge >= 0.3 is 0 Å². The first-order valence-corrected chi connectivity index (χ1v) is 5.76. The topological polar surface area (TPSA) is 47.9 Å². The van der Waals surface area contributed by atoms with Gasteiger partial charge in [0.25, 0.3) is 0 Å². The molecule has 2 N–H and O–H groups in total. The van der Waals surface area contributed by atoms with Gasteiger partial charge in [-0.25, -0.2) is 0 Å². The van der Waals surface area contributed by atoms with Crippen molar-refractivity contribution in [1.82, 2.24) is 10.6 Å². The van der Waals surface area contributed by atoms with E-state index >= 15 is 0 Å². The highest BCUT2D eigenvalue weighted by Gasteiger charge is 2.29. The van der Waals surface area contributed by atoms with E-state index in [2.05, 4.69) is 16.7 Å². The number of hydrogen-bond donors (Lipinski definition) is 2. The normalized spacial score (nSPS) is 34.2. The van der Waals surface area contributed by atoms with Crippen LogP contribution in [-0.2, 0) is 0 Å². The summed E-state index contributed by atoms with van der Waals surface area (Å²) in [5.74, 6) is 0.268. The first-order valence-electron chi connectivity index (χ1n) is 5.76. The Bertz CT molecular complexity index is 215. The highest BCUT2D eigenvalue weighted by atomic mass is 15.0. The average molecular weight is 193 g/mol. The Morgan fingerprint density at radius 1 is 1.14 bits per heavy atom. The van der Waals surface area contributed by atoms with E-state index in [4.69, 9.17) is 5.26 Å². The second-order valence-electron chi connectivity index (χ2n) is 4.46. The summed E-state index contributed by atoms with van der Waals surface area (Å²) in [4.78, 5) is 0. The number of nitrogens with one attached hydrogen (secondary N) is 2. The molecule has 0 aromatic carbocycles. The van der Waals surface area contributed by atoms with Crippen molar-refractivity contribution in [2.24, 2.45) is 5.92 Å². The number of hydrogen-bond acceptors (Lipinski definition) is 3. The minimum absolute atomic E-state index is 0.268. The van der Waals surface area contributed by atoms with Gasteiger partial charge in [-0.1, -0.05) is 6.42 Å². The van der Waals surface area contributed by atoms with Gasteiger partial charge in [0.2, 0.25) is 0 Å². The summed E-state index contributed by atoms with van der Waals surface area (Å²) in [7, 11) is 0. The van der Waals surface area contributed by atoms with Crippen molar-refractivity contribution < 1.29 is 0 Å². The third kappa shape index (κ3) is 2.26. The van der Waals surface area contributed by atoms with Crippen LogP contribution in [0.2, 0.25) is 0 Å². The van der Waals surface area contributed by atoms with E-state index in [1.807, 2.05) is 0 Å². The third-order valence-corrected chi connectivity index (χ3v) is 3.47. The van der Waals surface area contributed by atoms with Gasteiger partial charge in [-0.3, -0.25) is 0 Å². The summed E-state index contributed by atoms with van der Waals surface area (Å²) < 4.78 is 0. The Labute approximate surface area is 85.9 Å². The molecular weight excluding hydrogens is 174 g/mol. The third-order valence-electron chi connectivity index (χ3n) is 3.47. The van der Waals surface area contributed by atoms with E-state index in [0.717, 1.165) is 19.5 Å². The van der Waals surface area contributed by atoms with Crippen LogP contribution in [0.25, 0.3) is 0 Å². The monoisotopic (exact) mass is 193 g/mol. The molecule has 1 saturated heterocycles. The smallest absolute Gasteiger partial charge is 0.0672 e. The molecular formula is C11H19N3. The summed E-state index contributed by atoms with van der Waals surface area (Å²) in [6.07, 6.45) is 5.95. The van der Waals surface area contributed by atoms with E-state index in [9.17, 15) is 0 Å². The van der Waals surface area contributed by atoms with Crippen molar-refractivity contribution in [3.8, 4) is 6.07 Å². The Kier molecular flexibility index (Phi) is 3.39. The van der Waals surface area contributed by atoms with Gasteiger partial charge in [0.1, 0.15) is 0 Å². The van der Waals surface area contributed by atoms with Crippen LogP contribution >= 0.6 is 0 Å². The molecule has 3 nitrogen and oxygen atoms in total. The molecule has 2 unspecified atom stereocenters. The van der Waals surface area contributed by atoms with Crippen molar-refractivity contribution in [3.63, 3.8) is 0 Å². The van der Waals surface area contributed by atoms with Gasteiger partial charge in [-0.05, 0) is 38.8 Å². The summed E-state index contributed by atoms with van der Waals surface area (Å²) >= 11 is 0. The molecule has 2 rings (SSSR count). The standard InChI is InChI=1S/C11H19N3/c12-8-9-2-1-3-11(9)14-10-4-6-13-7-5-10/h9-11,13-14H,1-7H2. The van der Waals surface area contributed by atoms with Crippen molar-refractivity contribution >= 4 is 0 Å². The fourth-order valence-electron chi connectivity index (χ4n) is 2.61. The second-order valence-corrected chi connectivity index (χ2v) is 4.46. The fraction of sp³-hybridized carbons (Fsp3) is 0.909. The fourth-order valence-corrected chi connectivity index (χ4v) is 2.61. The molecule has 1 saturated carbocycles. The second kappa shape index (κ2) is 4.77. The molecule has 0 bridgehead atoms. The van der Waals surface area contributed by atoms with Crippen LogP contribution in [0.15, 0.2) is 0 Å². The maximum absolute atomic E-state index is 8.96. The number of piperidine rings is 1.